The number of anilines is 1. The normalized spacial score (nSPS) is 39.7. The number of carbonyl (C=O) groups is 2. The minimum absolute atomic E-state index is 0.240. The van der Waals surface area contributed by atoms with Crippen LogP contribution in [0.3, 0.4) is 0 Å². The highest BCUT2D eigenvalue weighted by Crippen LogP contribution is 2.61. The number of hydrogen-bond donors (Lipinski definition) is 1. The summed E-state index contributed by atoms with van der Waals surface area (Å²) in [6.07, 6.45) is 3.12. The van der Waals surface area contributed by atoms with Gasteiger partial charge in [0.05, 0.1) is 29.2 Å². The quantitative estimate of drug-likeness (QED) is 0.784. The van der Waals surface area contributed by atoms with Gasteiger partial charge >= 0.3 is 0 Å². The summed E-state index contributed by atoms with van der Waals surface area (Å²) in [6.45, 7) is 5.43. The van der Waals surface area contributed by atoms with E-state index in [-0.39, 0.29) is 11.8 Å². The second-order valence-corrected chi connectivity index (χ2v) is 7.75. The lowest BCUT2D eigenvalue weighted by molar-refractivity contribution is -0.132. The van der Waals surface area contributed by atoms with Crippen molar-refractivity contribution in [2.24, 2.45) is 11.8 Å². The van der Waals surface area contributed by atoms with Gasteiger partial charge in [0.1, 0.15) is 11.2 Å². The van der Waals surface area contributed by atoms with Crippen molar-refractivity contribution >= 4 is 23.1 Å². The van der Waals surface area contributed by atoms with Crippen LogP contribution in [0.15, 0.2) is 24.5 Å². The van der Waals surface area contributed by atoms with Gasteiger partial charge in [-0.2, -0.15) is 0 Å². The fraction of sp³-hybridized carbons (Fsp3) is 0.500. The fourth-order valence-corrected chi connectivity index (χ4v) is 5.11. The molecule has 0 spiro atoms. The van der Waals surface area contributed by atoms with E-state index in [1.54, 1.807) is 31.5 Å². The number of nitrogens with zero attached hydrogens (tertiary/aromatic N) is 3. The Morgan fingerprint density at radius 2 is 1.96 bits per heavy atom. The smallest absolute Gasteiger partial charge is 0.240 e. The molecule has 7 nitrogen and oxygen atoms in total. The van der Waals surface area contributed by atoms with Crippen molar-refractivity contribution in [1.82, 2.24) is 9.38 Å². The van der Waals surface area contributed by atoms with Crippen LogP contribution in [0, 0.1) is 18.8 Å². The molecule has 3 fully saturated rings. The van der Waals surface area contributed by atoms with Gasteiger partial charge in [-0.05, 0) is 32.9 Å². The third-order valence-electron chi connectivity index (χ3n) is 6.33. The number of fused-ring (bicyclic) bond motifs is 6. The highest BCUT2D eigenvalue weighted by Gasteiger charge is 2.75. The predicted molar refractivity (Wildman–Crippen MR) is 87.9 cm³/mol. The first-order valence-electron chi connectivity index (χ1n) is 8.47. The van der Waals surface area contributed by atoms with Gasteiger partial charge in [0.2, 0.25) is 11.8 Å². The van der Waals surface area contributed by atoms with Gasteiger partial charge < -0.3 is 14.2 Å². The molecule has 7 heteroatoms. The summed E-state index contributed by atoms with van der Waals surface area (Å²) >= 11 is 0. The highest BCUT2D eigenvalue weighted by molar-refractivity contribution is 6.23. The van der Waals surface area contributed by atoms with Crippen LogP contribution in [-0.2, 0) is 14.3 Å². The average molecular weight is 341 g/mol. The lowest BCUT2D eigenvalue weighted by atomic mass is 9.67. The van der Waals surface area contributed by atoms with Gasteiger partial charge in [-0.25, -0.2) is 9.88 Å². The Kier molecular flexibility index (Phi) is 2.58. The number of rotatable bonds is 1. The molecule has 5 rings (SSSR count). The molecule has 0 saturated carbocycles. The molecule has 5 heterocycles. The number of imide groups is 1. The molecule has 0 aromatic carbocycles. The van der Waals surface area contributed by atoms with E-state index in [4.69, 9.17) is 4.74 Å². The topological polar surface area (TPSA) is 84.1 Å². The number of aliphatic hydroxyl groups is 1. The molecule has 25 heavy (non-hydrogen) atoms. The summed E-state index contributed by atoms with van der Waals surface area (Å²) in [5.41, 5.74) is 0.302. The molecular weight excluding hydrogens is 322 g/mol. The number of hydrogen-bond acceptors (Lipinski definition) is 5. The maximum atomic E-state index is 13.2. The molecule has 3 aliphatic heterocycles. The molecule has 2 bridgehead atoms. The Labute approximate surface area is 144 Å². The summed E-state index contributed by atoms with van der Waals surface area (Å²) in [4.78, 5) is 31.9. The average Bonchev–Trinajstić information content (AvgIpc) is 3.22. The standard InChI is InChI=1S/C18H19N3O4/c1-9-10(4-5-12-19-6-7-20(9)12)21-15(23)13-14(16(21)24)18(3)11(22)8-17(13,2)25-18/h4-7,11,13-14,22H,8H2,1-3H3/t11-,13?,14-,17?,18?/m0/s1. The van der Waals surface area contributed by atoms with Gasteiger partial charge in [0, 0.05) is 24.5 Å². The van der Waals surface area contributed by atoms with Crippen LogP contribution in [-0.4, -0.2) is 43.6 Å². The lowest BCUT2D eigenvalue weighted by Gasteiger charge is -2.31. The molecule has 130 valence electrons. The second kappa shape index (κ2) is 4.28. The molecule has 0 radical (unpaired) electrons. The van der Waals surface area contributed by atoms with E-state index in [1.807, 2.05) is 18.2 Å². The molecule has 3 unspecified atom stereocenters. The van der Waals surface area contributed by atoms with Gasteiger partial charge in [0.25, 0.3) is 0 Å². The zero-order valence-electron chi connectivity index (χ0n) is 14.3. The zero-order valence-corrected chi connectivity index (χ0v) is 14.3. The van der Waals surface area contributed by atoms with Crippen LogP contribution >= 0.6 is 0 Å². The maximum absolute atomic E-state index is 13.2. The van der Waals surface area contributed by atoms with Crippen molar-refractivity contribution in [3.63, 3.8) is 0 Å². The van der Waals surface area contributed by atoms with Crippen molar-refractivity contribution in [3.05, 3.63) is 30.2 Å². The Balaban J connectivity index is 1.66. The predicted octanol–water partition coefficient (Wildman–Crippen LogP) is 1.06. The largest absolute Gasteiger partial charge is 0.390 e. The summed E-state index contributed by atoms with van der Waals surface area (Å²) < 4.78 is 7.86. The van der Waals surface area contributed by atoms with Gasteiger partial charge in [-0.3, -0.25) is 9.59 Å². The molecular formula is C18H19N3O4. The third-order valence-corrected chi connectivity index (χ3v) is 6.33. The summed E-state index contributed by atoms with van der Waals surface area (Å²) in [5, 5.41) is 10.4. The highest BCUT2D eigenvalue weighted by atomic mass is 16.6. The Bertz CT molecular complexity index is 953. The van der Waals surface area contributed by atoms with E-state index < -0.39 is 29.1 Å². The van der Waals surface area contributed by atoms with Crippen molar-refractivity contribution in [1.29, 1.82) is 0 Å². The van der Waals surface area contributed by atoms with Crippen LogP contribution in [0.25, 0.3) is 5.65 Å². The third kappa shape index (κ3) is 1.56. The molecule has 2 aromatic rings. The molecule has 1 N–H and O–H groups in total. The van der Waals surface area contributed by atoms with Crippen LogP contribution in [0.2, 0.25) is 0 Å². The van der Waals surface area contributed by atoms with Crippen molar-refractivity contribution in [3.8, 4) is 0 Å². The van der Waals surface area contributed by atoms with E-state index in [1.165, 1.54) is 4.90 Å². The first-order chi connectivity index (χ1) is 11.8. The molecule has 2 amide bonds. The summed E-state index contributed by atoms with van der Waals surface area (Å²) in [5.74, 6) is -1.73. The van der Waals surface area contributed by atoms with E-state index in [2.05, 4.69) is 4.98 Å². The molecule has 3 aliphatic rings. The van der Waals surface area contributed by atoms with Crippen LogP contribution in [0.1, 0.15) is 26.0 Å². The van der Waals surface area contributed by atoms with E-state index in [9.17, 15) is 14.7 Å². The van der Waals surface area contributed by atoms with E-state index in [0.717, 1.165) is 11.3 Å². The lowest BCUT2D eigenvalue weighted by Crippen LogP contribution is -2.49. The van der Waals surface area contributed by atoms with Crippen LogP contribution < -0.4 is 4.90 Å². The molecule has 5 atom stereocenters. The summed E-state index contributed by atoms with van der Waals surface area (Å²) in [6, 6.07) is 3.55. The first-order valence-corrected chi connectivity index (χ1v) is 8.47. The van der Waals surface area contributed by atoms with Crippen molar-refractivity contribution < 1.29 is 19.4 Å². The number of aryl methyl sites for hydroxylation is 1. The zero-order chi connectivity index (χ0) is 17.7. The molecule has 0 aliphatic carbocycles. The Morgan fingerprint density at radius 1 is 1.24 bits per heavy atom. The van der Waals surface area contributed by atoms with E-state index in [0.29, 0.717) is 12.1 Å². The number of aromatic nitrogens is 2. The molecule has 2 aromatic heterocycles. The van der Waals surface area contributed by atoms with Crippen LogP contribution in [0.4, 0.5) is 5.69 Å². The minimum Gasteiger partial charge on any atom is -0.390 e. The van der Waals surface area contributed by atoms with Gasteiger partial charge in [-0.1, -0.05) is 0 Å². The first kappa shape index (κ1) is 15.0. The number of carbonyl (C=O) groups excluding carboxylic acids is 2. The number of ether oxygens (including phenoxy) is 1. The second-order valence-electron chi connectivity index (χ2n) is 7.75. The number of amides is 2. The monoisotopic (exact) mass is 341 g/mol. The van der Waals surface area contributed by atoms with E-state index >= 15 is 0 Å². The fourth-order valence-electron chi connectivity index (χ4n) is 5.11. The Hall–Kier alpha value is -2.25. The van der Waals surface area contributed by atoms with Gasteiger partial charge in [0.15, 0.2) is 0 Å². The Morgan fingerprint density at radius 3 is 2.72 bits per heavy atom. The summed E-state index contributed by atoms with van der Waals surface area (Å²) in [7, 11) is 0. The SMILES string of the molecule is Cc1c(N2C(=O)C3[C@@H](C2=O)C2(C)OC3(C)C[C@@H]2O)ccc2nccn12. The minimum atomic E-state index is -1.01. The number of aliphatic hydroxyl groups excluding tert-OH is 1. The van der Waals surface area contributed by atoms with Crippen molar-refractivity contribution in [2.75, 3.05) is 4.90 Å². The maximum Gasteiger partial charge on any atom is 0.240 e. The number of pyridine rings is 1. The van der Waals surface area contributed by atoms with Gasteiger partial charge in [-0.15, -0.1) is 0 Å². The molecule has 3 saturated heterocycles. The van der Waals surface area contributed by atoms with Crippen LogP contribution in [0.5, 0.6) is 0 Å². The number of imidazole rings is 1. The van der Waals surface area contributed by atoms with Crippen molar-refractivity contribution in [2.45, 2.75) is 44.5 Å².